The number of rotatable bonds is 4. The fraction of sp³-hybridized carbons (Fsp3) is 0.455. The highest BCUT2D eigenvalue weighted by Gasteiger charge is 2.32. The standard InChI is InChI=1S/C22H29N3O2/c1-15-6-5-7-19(11-15)27-20-9-8-17(14-23-20)21(25-26)24-18-10-16(2)12-22(3,4)13-18/h5-9,11,14,16,18,26H,10,12-13H2,1-4H3,(H,24,25). The Morgan fingerprint density at radius 2 is 2.07 bits per heavy atom. The number of hydrogen-bond donors (Lipinski definition) is 2. The molecule has 2 aromatic rings. The molecule has 0 bridgehead atoms. The highest BCUT2D eigenvalue weighted by atomic mass is 16.5. The van der Waals surface area contributed by atoms with Gasteiger partial charge in [-0.1, -0.05) is 32.9 Å². The number of aromatic nitrogens is 1. The molecule has 0 spiro atoms. The minimum Gasteiger partial charge on any atom is -0.439 e. The lowest BCUT2D eigenvalue weighted by Crippen LogP contribution is -2.32. The van der Waals surface area contributed by atoms with Gasteiger partial charge in [0.25, 0.3) is 0 Å². The van der Waals surface area contributed by atoms with Crippen molar-refractivity contribution in [2.75, 3.05) is 0 Å². The van der Waals surface area contributed by atoms with Crippen LogP contribution in [0.15, 0.2) is 47.6 Å². The van der Waals surface area contributed by atoms with Crippen LogP contribution in [-0.4, -0.2) is 22.1 Å². The summed E-state index contributed by atoms with van der Waals surface area (Å²) in [6, 6.07) is 11.7. The van der Waals surface area contributed by atoms with E-state index in [0.717, 1.165) is 29.7 Å². The van der Waals surface area contributed by atoms with Gasteiger partial charge in [0.1, 0.15) is 5.75 Å². The average Bonchev–Trinajstić information content (AvgIpc) is 2.59. The van der Waals surface area contributed by atoms with Gasteiger partial charge in [-0.3, -0.25) is 15.7 Å². The van der Waals surface area contributed by atoms with Gasteiger partial charge in [0, 0.05) is 17.8 Å². The first kappa shape index (κ1) is 19.4. The lowest BCUT2D eigenvalue weighted by molar-refractivity contribution is 0.169. The molecule has 0 radical (unpaired) electrons. The average molecular weight is 367 g/mol. The van der Waals surface area contributed by atoms with Gasteiger partial charge in [-0.05, 0) is 61.3 Å². The van der Waals surface area contributed by atoms with Crippen LogP contribution in [0.3, 0.4) is 0 Å². The van der Waals surface area contributed by atoms with Crippen LogP contribution in [0.2, 0.25) is 0 Å². The van der Waals surface area contributed by atoms with Crippen molar-refractivity contribution in [3.63, 3.8) is 0 Å². The van der Waals surface area contributed by atoms with Crippen molar-refractivity contribution in [1.82, 2.24) is 10.5 Å². The summed E-state index contributed by atoms with van der Waals surface area (Å²) in [5, 5.41) is 9.60. The molecule has 1 aliphatic rings. The van der Waals surface area contributed by atoms with Crippen LogP contribution in [0.25, 0.3) is 0 Å². The van der Waals surface area contributed by atoms with Crippen molar-refractivity contribution in [1.29, 1.82) is 0 Å². The Morgan fingerprint density at radius 1 is 1.26 bits per heavy atom. The fourth-order valence-corrected chi connectivity index (χ4v) is 4.12. The quantitative estimate of drug-likeness (QED) is 0.447. The van der Waals surface area contributed by atoms with Crippen molar-refractivity contribution in [2.45, 2.75) is 53.0 Å². The number of hydrogen-bond acceptors (Lipinski definition) is 4. The summed E-state index contributed by atoms with van der Waals surface area (Å²) in [5.74, 6) is 2.35. The zero-order valence-corrected chi connectivity index (χ0v) is 16.6. The highest BCUT2D eigenvalue weighted by Crippen LogP contribution is 2.39. The summed E-state index contributed by atoms with van der Waals surface area (Å²) in [5.41, 5.74) is 4.40. The number of hydroxylamine groups is 1. The van der Waals surface area contributed by atoms with Gasteiger partial charge >= 0.3 is 0 Å². The van der Waals surface area contributed by atoms with Gasteiger partial charge in [0.2, 0.25) is 5.88 Å². The molecule has 2 atom stereocenters. The van der Waals surface area contributed by atoms with Gasteiger partial charge in [-0.25, -0.2) is 4.98 Å². The Hall–Kier alpha value is -2.40. The van der Waals surface area contributed by atoms with Crippen molar-refractivity contribution in [2.24, 2.45) is 16.3 Å². The highest BCUT2D eigenvalue weighted by molar-refractivity contribution is 5.97. The number of ether oxygens (including phenoxy) is 1. The Bertz CT molecular complexity index is 799. The van der Waals surface area contributed by atoms with Crippen LogP contribution in [0, 0.1) is 18.3 Å². The number of nitrogens with zero attached hydrogens (tertiary/aromatic N) is 2. The Balaban J connectivity index is 1.74. The van der Waals surface area contributed by atoms with Crippen LogP contribution < -0.4 is 10.2 Å². The normalized spacial score (nSPS) is 22.3. The van der Waals surface area contributed by atoms with E-state index in [1.54, 1.807) is 12.3 Å². The maximum absolute atomic E-state index is 9.60. The first-order valence-electron chi connectivity index (χ1n) is 9.53. The molecule has 1 heterocycles. The molecule has 1 fully saturated rings. The maximum Gasteiger partial charge on any atom is 0.219 e. The van der Waals surface area contributed by atoms with E-state index >= 15 is 0 Å². The number of aliphatic imine (C=N–C) groups is 1. The minimum atomic E-state index is 0.196. The summed E-state index contributed by atoms with van der Waals surface area (Å²) in [6.45, 7) is 8.87. The SMILES string of the molecule is Cc1cccc(Oc2ccc(C(=NC3CC(C)CC(C)(C)C3)NO)cn2)c1. The number of nitrogens with one attached hydrogen (secondary N) is 1. The molecule has 1 saturated carbocycles. The molecule has 0 amide bonds. The lowest BCUT2D eigenvalue weighted by Gasteiger charge is -2.37. The zero-order chi connectivity index (χ0) is 19.4. The van der Waals surface area contributed by atoms with E-state index in [1.807, 2.05) is 37.3 Å². The van der Waals surface area contributed by atoms with E-state index in [0.29, 0.717) is 17.6 Å². The smallest absolute Gasteiger partial charge is 0.219 e. The molecule has 1 aromatic carbocycles. The molecular weight excluding hydrogens is 338 g/mol. The van der Waals surface area contributed by atoms with Crippen LogP contribution in [0.4, 0.5) is 0 Å². The molecule has 1 aromatic heterocycles. The monoisotopic (exact) mass is 367 g/mol. The minimum absolute atomic E-state index is 0.196. The van der Waals surface area contributed by atoms with Crippen LogP contribution in [-0.2, 0) is 0 Å². The van der Waals surface area contributed by atoms with E-state index in [-0.39, 0.29) is 11.5 Å². The molecule has 5 heteroatoms. The van der Waals surface area contributed by atoms with Crippen LogP contribution >= 0.6 is 0 Å². The van der Waals surface area contributed by atoms with Gasteiger partial charge in [-0.2, -0.15) is 0 Å². The van der Waals surface area contributed by atoms with E-state index in [2.05, 4.69) is 31.2 Å². The summed E-state index contributed by atoms with van der Waals surface area (Å²) >= 11 is 0. The van der Waals surface area contributed by atoms with Gasteiger partial charge in [-0.15, -0.1) is 0 Å². The summed E-state index contributed by atoms with van der Waals surface area (Å²) in [7, 11) is 0. The first-order chi connectivity index (χ1) is 12.8. The second kappa shape index (κ2) is 8.09. The van der Waals surface area contributed by atoms with E-state index in [9.17, 15) is 5.21 Å². The second-order valence-electron chi connectivity index (χ2n) is 8.46. The number of pyridine rings is 1. The van der Waals surface area contributed by atoms with E-state index < -0.39 is 0 Å². The maximum atomic E-state index is 9.60. The largest absolute Gasteiger partial charge is 0.439 e. The van der Waals surface area contributed by atoms with Crippen LogP contribution in [0.1, 0.15) is 51.2 Å². The van der Waals surface area contributed by atoms with Crippen molar-refractivity contribution in [3.05, 3.63) is 53.7 Å². The molecule has 2 N–H and O–H groups in total. The Morgan fingerprint density at radius 3 is 2.70 bits per heavy atom. The summed E-state index contributed by atoms with van der Waals surface area (Å²) < 4.78 is 5.78. The van der Waals surface area contributed by atoms with Crippen molar-refractivity contribution < 1.29 is 9.94 Å². The van der Waals surface area contributed by atoms with Crippen molar-refractivity contribution in [3.8, 4) is 11.6 Å². The first-order valence-corrected chi connectivity index (χ1v) is 9.53. The molecule has 27 heavy (non-hydrogen) atoms. The number of benzene rings is 1. The molecule has 0 saturated heterocycles. The molecule has 5 nitrogen and oxygen atoms in total. The third kappa shape index (κ3) is 5.30. The van der Waals surface area contributed by atoms with Crippen LogP contribution in [0.5, 0.6) is 11.6 Å². The van der Waals surface area contributed by atoms with Gasteiger partial charge in [0.15, 0.2) is 5.84 Å². The number of aryl methyl sites for hydroxylation is 1. The molecule has 3 rings (SSSR count). The molecular formula is C22H29N3O2. The van der Waals surface area contributed by atoms with Gasteiger partial charge in [0.05, 0.1) is 6.04 Å². The van der Waals surface area contributed by atoms with E-state index in [1.165, 1.54) is 6.42 Å². The topological polar surface area (TPSA) is 66.7 Å². The summed E-state index contributed by atoms with van der Waals surface area (Å²) in [6.07, 6.45) is 4.94. The number of amidine groups is 1. The molecule has 0 aliphatic heterocycles. The van der Waals surface area contributed by atoms with Crippen molar-refractivity contribution >= 4 is 5.84 Å². The zero-order valence-electron chi connectivity index (χ0n) is 16.6. The molecule has 1 aliphatic carbocycles. The second-order valence-corrected chi connectivity index (χ2v) is 8.46. The predicted octanol–water partition coefficient (Wildman–Crippen LogP) is 5.12. The molecule has 2 unspecified atom stereocenters. The lowest BCUT2D eigenvalue weighted by atomic mass is 9.71. The molecule has 144 valence electrons. The van der Waals surface area contributed by atoms with Gasteiger partial charge < -0.3 is 4.74 Å². The fourth-order valence-electron chi connectivity index (χ4n) is 4.12. The Kier molecular flexibility index (Phi) is 5.80. The third-order valence-corrected chi connectivity index (χ3v) is 5.00. The van der Waals surface area contributed by atoms with E-state index in [4.69, 9.17) is 9.73 Å². The third-order valence-electron chi connectivity index (χ3n) is 5.00. The summed E-state index contributed by atoms with van der Waals surface area (Å²) in [4.78, 5) is 9.13. The predicted molar refractivity (Wildman–Crippen MR) is 108 cm³/mol. The Labute approximate surface area is 161 Å².